The van der Waals surface area contributed by atoms with Crippen LogP contribution in [0.25, 0.3) is 6.08 Å². The smallest absolute Gasteiger partial charge is 0.147 e. The fraction of sp³-hybridized carbons (Fsp3) is 0.278. The number of nitrogens with zero attached hydrogens (tertiary/aromatic N) is 3. The van der Waals surface area contributed by atoms with Gasteiger partial charge in [-0.2, -0.15) is 0 Å². The van der Waals surface area contributed by atoms with E-state index in [1.165, 1.54) is 5.56 Å². The number of benzene rings is 1. The number of pyridine rings is 1. The van der Waals surface area contributed by atoms with Crippen LogP contribution >= 0.6 is 23.2 Å². The third kappa shape index (κ3) is 4.47. The summed E-state index contributed by atoms with van der Waals surface area (Å²) in [6.07, 6.45) is 6.04. The van der Waals surface area contributed by atoms with Crippen LogP contribution in [-0.2, 0) is 0 Å². The molecule has 3 rings (SSSR count). The predicted octanol–water partition coefficient (Wildman–Crippen LogP) is 4.22. The van der Waals surface area contributed by atoms with E-state index in [0.29, 0.717) is 10.0 Å². The topological polar surface area (TPSA) is 19.4 Å². The summed E-state index contributed by atoms with van der Waals surface area (Å²) in [4.78, 5) is 9.01. The molecule has 1 fully saturated rings. The molecule has 0 aliphatic carbocycles. The summed E-state index contributed by atoms with van der Waals surface area (Å²) in [5, 5.41) is 1.19. The largest absolute Gasteiger partial charge is 0.353 e. The van der Waals surface area contributed by atoms with Crippen molar-refractivity contribution >= 4 is 35.1 Å². The van der Waals surface area contributed by atoms with Gasteiger partial charge in [0.25, 0.3) is 0 Å². The van der Waals surface area contributed by atoms with Crippen LogP contribution < -0.4 is 4.90 Å². The molecule has 1 aromatic carbocycles. The lowest BCUT2D eigenvalue weighted by Crippen LogP contribution is -2.46. The lowest BCUT2D eigenvalue weighted by Gasteiger charge is -2.35. The molecule has 2 aromatic rings. The van der Waals surface area contributed by atoms with Crippen molar-refractivity contribution in [1.82, 2.24) is 9.88 Å². The molecule has 1 saturated heterocycles. The van der Waals surface area contributed by atoms with Gasteiger partial charge in [-0.15, -0.1) is 0 Å². The van der Waals surface area contributed by atoms with Crippen LogP contribution in [0, 0.1) is 0 Å². The Morgan fingerprint density at radius 3 is 2.48 bits per heavy atom. The molecule has 1 aromatic heterocycles. The Morgan fingerprint density at radius 2 is 1.78 bits per heavy atom. The molecular weight excluding hydrogens is 329 g/mol. The van der Waals surface area contributed by atoms with Gasteiger partial charge in [0, 0.05) is 38.9 Å². The summed E-state index contributed by atoms with van der Waals surface area (Å²) in [7, 11) is 0. The van der Waals surface area contributed by atoms with Gasteiger partial charge in [-0.3, -0.25) is 4.90 Å². The van der Waals surface area contributed by atoms with Crippen molar-refractivity contribution < 1.29 is 0 Å². The Kier molecular flexibility index (Phi) is 5.55. The van der Waals surface area contributed by atoms with Crippen LogP contribution in [-0.4, -0.2) is 42.6 Å². The van der Waals surface area contributed by atoms with E-state index in [1.807, 2.05) is 6.07 Å². The highest BCUT2D eigenvalue weighted by molar-refractivity contribution is 6.36. The molecule has 5 heteroatoms. The van der Waals surface area contributed by atoms with Crippen LogP contribution in [0.15, 0.2) is 48.7 Å². The third-order valence-corrected chi connectivity index (χ3v) is 4.42. The molecule has 0 radical (unpaired) electrons. The van der Waals surface area contributed by atoms with Gasteiger partial charge in [0.2, 0.25) is 0 Å². The zero-order chi connectivity index (χ0) is 16.1. The highest BCUT2D eigenvalue weighted by atomic mass is 35.5. The molecular formula is C18H19Cl2N3. The summed E-state index contributed by atoms with van der Waals surface area (Å²) < 4.78 is 0. The number of piperazine rings is 1. The second kappa shape index (κ2) is 7.82. The summed E-state index contributed by atoms with van der Waals surface area (Å²) in [5.41, 5.74) is 1.24. The summed E-state index contributed by atoms with van der Waals surface area (Å²) in [6.45, 7) is 4.81. The molecule has 0 atom stereocenters. The second-order valence-electron chi connectivity index (χ2n) is 5.56. The first-order chi connectivity index (χ1) is 11.2. The van der Waals surface area contributed by atoms with E-state index in [2.05, 4.69) is 51.2 Å². The van der Waals surface area contributed by atoms with Crippen molar-refractivity contribution in [3.63, 3.8) is 0 Å². The first-order valence-electron chi connectivity index (χ1n) is 7.72. The molecule has 1 aliphatic rings. The molecule has 0 spiro atoms. The lowest BCUT2D eigenvalue weighted by molar-refractivity contribution is 0.283. The normalized spacial score (nSPS) is 16.2. The van der Waals surface area contributed by atoms with Gasteiger partial charge in [0.1, 0.15) is 5.82 Å². The maximum atomic E-state index is 6.24. The van der Waals surface area contributed by atoms with Gasteiger partial charge >= 0.3 is 0 Å². The molecule has 0 amide bonds. The molecule has 3 nitrogen and oxygen atoms in total. The van der Waals surface area contributed by atoms with Crippen LogP contribution in [0.4, 0.5) is 5.82 Å². The maximum Gasteiger partial charge on any atom is 0.147 e. The monoisotopic (exact) mass is 347 g/mol. The second-order valence-corrected chi connectivity index (χ2v) is 6.40. The van der Waals surface area contributed by atoms with Crippen molar-refractivity contribution in [3.8, 4) is 0 Å². The van der Waals surface area contributed by atoms with Crippen LogP contribution in [0.5, 0.6) is 0 Å². The van der Waals surface area contributed by atoms with Crippen molar-refractivity contribution in [2.45, 2.75) is 0 Å². The quantitative estimate of drug-likeness (QED) is 0.825. The first kappa shape index (κ1) is 16.3. The van der Waals surface area contributed by atoms with Crippen LogP contribution in [0.3, 0.4) is 0 Å². The molecule has 0 saturated carbocycles. The van der Waals surface area contributed by atoms with E-state index < -0.39 is 0 Å². The number of rotatable bonds is 4. The Morgan fingerprint density at radius 1 is 1.04 bits per heavy atom. The Labute approximate surface area is 147 Å². The number of hydrogen-bond acceptors (Lipinski definition) is 3. The number of aromatic nitrogens is 1. The van der Waals surface area contributed by atoms with Gasteiger partial charge in [-0.25, -0.2) is 4.98 Å². The van der Waals surface area contributed by atoms with Crippen LogP contribution in [0.1, 0.15) is 5.56 Å². The molecule has 23 heavy (non-hydrogen) atoms. The van der Waals surface area contributed by atoms with E-state index in [0.717, 1.165) is 38.5 Å². The van der Waals surface area contributed by atoms with Crippen LogP contribution in [0.2, 0.25) is 10.0 Å². The Bertz CT molecular complexity index is 665. The van der Waals surface area contributed by atoms with Gasteiger partial charge in [-0.1, -0.05) is 65.7 Å². The molecule has 0 N–H and O–H groups in total. The lowest BCUT2D eigenvalue weighted by atomic mass is 10.2. The van der Waals surface area contributed by atoms with E-state index in [1.54, 1.807) is 12.3 Å². The van der Waals surface area contributed by atoms with Crippen molar-refractivity contribution in [2.75, 3.05) is 37.6 Å². The minimum atomic E-state index is 0.573. The summed E-state index contributed by atoms with van der Waals surface area (Å²) in [5.74, 6) is 0.829. The molecule has 2 heterocycles. The Hall–Kier alpha value is -1.55. The predicted molar refractivity (Wildman–Crippen MR) is 98.4 cm³/mol. The molecule has 0 unspecified atom stereocenters. The van der Waals surface area contributed by atoms with E-state index in [-0.39, 0.29) is 0 Å². The molecule has 1 aliphatic heterocycles. The van der Waals surface area contributed by atoms with E-state index >= 15 is 0 Å². The zero-order valence-electron chi connectivity index (χ0n) is 12.8. The average molecular weight is 348 g/mol. The minimum absolute atomic E-state index is 0.573. The highest BCUT2D eigenvalue weighted by Gasteiger charge is 2.19. The number of anilines is 1. The zero-order valence-corrected chi connectivity index (χ0v) is 14.3. The number of hydrogen-bond donors (Lipinski definition) is 0. The first-order valence-corrected chi connectivity index (χ1v) is 8.48. The molecule has 120 valence electrons. The van der Waals surface area contributed by atoms with Gasteiger partial charge in [0.15, 0.2) is 0 Å². The van der Waals surface area contributed by atoms with Gasteiger partial charge in [0.05, 0.1) is 10.0 Å². The Balaban J connectivity index is 1.51. The van der Waals surface area contributed by atoms with Crippen molar-refractivity contribution in [1.29, 1.82) is 0 Å². The van der Waals surface area contributed by atoms with E-state index in [4.69, 9.17) is 23.2 Å². The minimum Gasteiger partial charge on any atom is -0.353 e. The van der Waals surface area contributed by atoms with Crippen molar-refractivity contribution in [3.05, 3.63) is 64.3 Å². The van der Waals surface area contributed by atoms with Gasteiger partial charge in [-0.05, 0) is 11.6 Å². The maximum absolute atomic E-state index is 6.24. The third-order valence-electron chi connectivity index (χ3n) is 3.93. The fourth-order valence-corrected chi connectivity index (χ4v) is 3.18. The SMILES string of the molecule is Clc1cnc(N2CCN(CC=Cc3ccccc3)CC2)c(Cl)c1. The summed E-state index contributed by atoms with van der Waals surface area (Å²) in [6, 6.07) is 12.1. The van der Waals surface area contributed by atoms with Crippen molar-refractivity contribution in [2.24, 2.45) is 0 Å². The number of halogens is 2. The standard InChI is InChI=1S/C18H19Cl2N3/c19-16-13-17(20)18(21-14-16)23-11-9-22(10-12-23)8-4-7-15-5-2-1-3-6-15/h1-7,13-14H,8-12H2. The fourth-order valence-electron chi connectivity index (χ4n) is 2.68. The highest BCUT2D eigenvalue weighted by Crippen LogP contribution is 2.26. The van der Waals surface area contributed by atoms with E-state index in [9.17, 15) is 0 Å². The average Bonchev–Trinajstić information content (AvgIpc) is 2.57. The molecule has 0 bridgehead atoms. The summed E-state index contributed by atoms with van der Waals surface area (Å²) >= 11 is 12.1. The van der Waals surface area contributed by atoms with Gasteiger partial charge < -0.3 is 4.90 Å².